The van der Waals surface area contributed by atoms with Gasteiger partial charge in [0, 0.05) is 0 Å². The second kappa shape index (κ2) is 5.90. The van der Waals surface area contributed by atoms with E-state index in [2.05, 4.69) is 0 Å². The van der Waals surface area contributed by atoms with Crippen molar-refractivity contribution in [1.29, 1.82) is 0 Å². The zero-order chi connectivity index (χ0) is 17.3. The molecule has 23 heavy (non-hydrogen) atoms. The third kappa shape index (κ3) is 2.82. The Kier molecular flexibility index (Phi) is 4.45. The van der Waals surface area contributed by atoms with E-state index < -0.39 is 34.9 Å². The summed E-state index contributed by atoms with van der Waals surface area (Å²) in [4.78, 5) is 0. The molecule has 2 rings (SSSR count). The van der Waals surface area contributed by atoms with Crippen molar-refractivity contribution in [3.63, 3.8) is 0 Å². The molecule has 2 aromatic carbocycles. The van der Waals surface area contributed by atoms with Crippen LogP contribution in [-0.4, -0.2) is 22.3 Å². The van der Waals surface area contributed by atoms with E-state index in [1.807, 2.05) is 0 Å². The van der Waals surface area contributed by atoms with Crippen molar-refractivity contribution >= 4 is 0 Å². The van der Waals surface area contributed by atoms with Gasteiger partial charge in [-0.25, -0.2) is 0 Å². The molecule has 0 heterocycles. The first-order valence-corrected chi connectivity index (χ1v) is 6.58. The predicted molar refractivity (Wildman–Crippen MR) is 72.7 cm³/mol. The van der Waals surface area contributed by atoms with Gasteiger partial charge >= 0.3 is 12.1 Å². The van der Waals surface area contributed by atoms with Crippen LogP contribution in [0.2, 0.25) is 0 Å². The monoisotopic (exact) mass is 332 g/mol. The second-order valence-corrected chi connectivity index (χ2v) is 5.01. The minimum absolute atomic E-state index is 0.434. The normalized spacial score (nSPS) is 16.7. The van der Waals surface area contributed by atoms with E-state index >= 15 is 0 Å². The number of halogens is 5. The van der Waals surface area contributed by atoms with E-state index in [1.54, 1.807) is 0 Å². The van der Waals surface area contributed by atoms with Gasteiger partial charge in [0.1, 0.15) is 6.10 Å². The number of hydrogen-bond donors (Lipinski definition) is 2. The highest BCUT2D eigenvalue weighted by molar-refractivity contribution is 5.31. The molecule has 0 aliphatic heterocycles. The van der Waals surface area contributed by atoms with Crippen molar-refractivity contribution in [2.24, 2.45) is 0 Å². The number of aliphatic hydroxyl groups excluding tert-OH is 1. The number of benzene rings is 2. The van der Waals surface area contributed by atoms with Crippen molar-refractivity contribution in [2.75, 3.05) is 0 Å². The fourth-order valence-corrected chi connectivity index (χ4v) is 2.27. The van der Waals surface area contributed by atoms with Crippen LogP contribution in [0.4, 0.5) is 22.0 Å². The lowest BCUT2D eigenvalue weighted by atomic mass is 9.82. The number of rotatable bonds is 4. The lowest BCUT2D eigenvalue weighted by Crippen LogP contribution is -2.58. The fourth-order valence-electron chi connectivity index (χ4n) is 2.27. The summed E-state index contributed by atoms with van der Waals surface area (Å²) in [5, 5.41) is 19.7. The van der Waals surface area contributed by atoms with Crippen LogP contribution in [0.3, 0.4) is 0 Å². The predicted octanol–water partition coefficient (Wildman–Crippen LogP) is 3.81. The first-order chi connectivity index (χ1) is 10.6. The van der Waals surface area contributed by atoms with Crippen LogP contribution in [0.5, 0.6) is 0 Å². The fraction of sp³-hybridized carbons (Fsp3) is 0.250. The van der Waals surface area contributed by atoms with Crippen molar-refractivity contribution in [3.8, 4) is 0 Å². The Morgan fingerprint density at radius 3 is 1.61 bits per heavy atom. The summed E-state index contributed by atoms with van der Waals surface area (Å²) in [6.45, 7) is 0. The van der Waals surface area contributed by atoms with Gasteiger partial charge in [-0.2, -0.15) is 22.0 Å². The molecule has 0 aromatic heterocycles. The molecule has 0 aliphatic carbocycles. The highest BCUT2D eigenvalue weighted by Gasteiger charge is 2.72. The van der Waals surface area contributed by atoms with E-state index in [-0.39, 0.29) is 0 Å². The third-order valence-electron chi connectivity index (χ3n) is 3.54. The molecule has 0 fully saturated rings. The largest absolute Gasteiger partial charge is 0.427 e. The van der Waals surface area contributed by atoms with Crippen molar-refractivity contribution in [2.45, 2.75) is 23.8 Å². The van der Waals surface area contributed by atoms with Gasteiger partial charge in [0.05, 0.1) is 0 Å². The van der Waals surface area contributed by atoms with Crippen LogP contribution in [0.25, 0.3) is 0 Å². The first kappa shape index (κ1) is 17.4. The summed E-state index contributed by atoms with van der Waals surface area (Å²) in [6.07, 6.45) is -8.54. The van der Waals surface area contributed by atoms with Crippen LogP contribution < -0.4 is 0 Å². The van der Waals surface area contributed by atoms with E-state index in [0.717, 1.165) is 36.4 Å². The molecule has 2 aromatic rings. The minimum Gasteiger partial charge on any atom is -0.382 e. The SMILES string of the molecule is O[C@H](c1ccccc1)C(F)(F)[C@@](O)(c1ccccc1)C(F)(F)F. The molecule has 2 N–H and O–H groups in total. The average Bonchev–Trinajstić information content (AvgIpc) is 2.53. The maximum Gasteiger partial charge on any atom is 0.427 e. The van der Waals surface area contributed by atoms with Gasteiger partial charge in [-0.3, -0.25) is 0 Å². The van der Waals surface area contributed by atoms with Crippen molar-refractivity contribution in [1.82, 2.24) is 0 Å². The van der Waals surface area contributed by atoms with Crippen LogP contribution in [0.1, 0.15) is 17.2 Å². The Balaban J connectivity index is 2.59. The summed E-state index contributed by atoms with van der Waals surface area (Å²) in [5.41, 5.74) is -6.01. The van der Waals surface area contributed by atoms with Crippen LogP contribution in [0.15, 0.2) is 60.7 Å². The molecule has 0 unspecified atom stereocenters. The van der Waals surface area contributed by atoms with E-state index in [4.69, 9.17) is 0 Å². The third-order valence-corrected chi connectivity index (χ3v) is 3.54. The van der Waals surface area contributed by atoms with Gasteiger partial charge in [0.2, 0.25) is 0 Å². The number of alkyl halides is 5. The van der Waals surface area contributed by atoms with Crippen LogP contribution >= 0.6 is 0 Å². The van der Waals surface area contributed by atoms with Gasteiger partial charge in [-0.1, -0.05) is 60.7 Å². The molecule has 7 heteroatoms. The van der Waals surface area contributed by atoms with Gasteiger partial charge in [-0.15, -0.1) is 0 Å². The van der Waals surface area contributed by atoms with Crippen molar-refractivity contribution < 1.29 is 32.2 Å². The Morgan fingerprint density at radius 1 is 0.739 bits per heavy atom. The van der Waals surface area contributed by atoms with Gasteiger partial charge in [0.25, 0.3) is 5.60 Å². The van der Waals surface area contributed by atoms with E-state index in [9.17, 15) is 32.2 Å². The maximum atomic E-state index is 14.5. The Hall–Kier alpha value is -1.99. The standard InChI is InChI=1S/C16H13F5O2/c17-15(18,13(22)11-7-3-1-4-8-11)14(23,16(19,20)21)12-9-5-2-6-10-12/h1-10,13,22-23H/t13-,14+/m1/s1. The lowest BCUT2D eigenvalue weighted by molar-refractivity contribution is -0.359. The van der Waals surface area contributed by atoms with Gasteiger partial charge in [0.15, 0.2) is 0 Å². The molecule has 124 valence electrons. The average molecular weight is 332 g/mol. The molecular formula is C16H13F5O2. The summed E-state index contributed by atoms with van der Waals surface area (Å²) in [5.74, 6) is -4.91. The number of hydrogen-bond acceptors (Lipinski definition) is 2. The smallest absolute Gasteiger partial charge is 0.382 e. The van der Waals surface area contributed by atoms with Gasteiger partial charge < -0.3 is 10.2 Å². The second-order valence-electron chi connectivity index (χ2n) is 5.01. The van der Waals surface area contributed by atoms with Crippen LogP contribution in [-0.2, 0) is 5.60 Å². The highest BCUT2D eigenvalue weighted by atomic mass is 19.4. The molecule has 2 atom stereocenters. The maximum absolute atomic E-state index is 14.5. The summed E-state index contributed by atoms with van der Waals surface area (Å²) >= 11 is 0. The topological polar surface area (TPSA) is 40.5 Å². The van der Waals surface area contributed by atoms with E-state index in [1.165, 1.54) is 24.3 Å². The highest BCUT2D eigenvalue weighted by Crippen LogP contribution is 2.53. The Labute approximate surface area is 128 Å². The summed E-state index contributed by atoms with van der Waals surface area (Å²) in [6, 6.07) is 11.1. The summed E-state index contributed by atoms with van der Waals surface area (Å²) < 4.78 is 69.0. The van der Waals surface area contributed by atoms with E-state index in [0.29, 0.717) is 0 Å². The molecule has 0 amide bonds. The quantitative estimate of drug-likeness (QED) is 0.836. The Morgan fingerprint density at radius 2 is 1.17 bits per heavy atom. The molecule has 0 radical (unpaired) electrons. The molecule has 0 bridgehead atoms. The lowest BCUT2D eigenvalue weighted by Gasteiger charge is -2.39. The molecule has 0 aliphatic rings. The Bertz CT molecular complexity index is 643. The molecule has 2 nitrogen and oxygen atoms in total. The minimum atomic E-state index is -5.70. The summed E-state index contributed by atoms with van der Waals surface area (Å²) in [7, 11) is 0. The zero-order valence-corrected chi connectivity index (χ0v) is 11.6. The molecule has 0 saturated carbocycles. The first-order valence-electron chi connectivity index (χ1n) is 6.58. The number of aliphatic hydroxyl groups is 2. The molecule has 0 spiro atoms. The van der Waals surface area contributed by atoms with Crippen molar-refractivity contribution in [3.05, 3.63) is 71.8 Å². The molecular weight excluding hydrogens is 319 g/mol. The molecule has 0 saturated heterocycles. The van der Waals surface area contributed by atoms with Crippen LogP contribution in [0, 0.1) is 0 Å². The zero-order valence-electron chi connectivity index (χ0n) is 11.6. The van der Waals surface area contributed by atoms with Gasteiger partial charge in [-0.05, 0) is 11.1 Å².